The van der Waals surface area contributed by atoms with Gasteiger partial charge in [-0.15, -0.1) is 0 Å². The van der Waals surface area contributed by atoms with Crippen LogP contribution in [0, 0.1) is 0 Å². The zero-order valence-electron chi connectivity index (χ0n) is 12.5. The van der Waals surface area contributed by atoms with Gasteiger partial charge in [0.25, 0.3) is 5.79 Å². The minimum absolute atomic E-state index is 0.592. The van der Waals surface area contributed by atoms with Crippen LogP contribution < -0.4 is 4.74 Å². The second-order valence-electron chi connectivity index (χ2n) is 5.08. The summed E-state index contributed by atoms with van der Waals surface area (Å²) in [6.07, 6.45) is 3.07. The number of hydrogen-bond donors (Lipinski definition) is 0. The molecule has 0 aliphatic carbocycles. The number of para-hydroxylation sites is 1. The predicted octanol–water partition coefficient (Wildman–Crippen LogP) is 4.76. The molecule has 1 aliphatic heterocycles. The lowest BCUT2D eigenvalue weighted by molar-refractivity contribution is -0.162. The van der Waals surface area contributed by atoms with Crippen molar-refractivity contribution < 1.29 is 9.47 Å². The molecule has 0 saturated heterocycles. The van der Waals surface area contributed by atoms with E-state index in [1.807, 2.05) is 43.3 Å². The molecule has 21 heavy (non-hydrogen) atoms. The Labute approximate surface area is 126 Å². The van der Waals surface area contributed by atoms with Gasteiger partial charge in [0.15, 0.2) is 0 Å². The summed E-state index contributed by atoms with van der Waals surface area (Å²) in [5.74, 6) is 0.0612. The van der Waals surface area contributed by atoms with Crippen molar-refractivity contribution in [3.63, 3.8) is 0 Å². The van der Waals surface area contributed by atoms with Crippen LogP contribution in [0.15, 0.2) is 60.2 Å². The molecule has 0 saturated carbocycles. The molecule has 0 N–H and O–H groups in total. The van der Waals surface area contributed by atoms with Gasteiger partial charge in [-0.1, -0.05) is 55.5 Å². The van der Waals surface area contributed by atoms with Crippen LogP contribution in [0.5, 0.6) is 5.75 Å². The summed E-state index contributed by atoms with van der Waals surface area (Å²) in [6.45, 7) is 4.73. The van der Waals surface area contributed by atoms with Crippen LogP contribution in [0.1, 0.15) is 31.4 Å². The first-order valence-electron chi connectivity index (χ1n) is 7.48. The first kappa shape index (κ1) is 13.9. The van der Waals surface area contributed by atoms with Crippen molar-refractivity contribution in [2.45, 2.75) is 26.1 Å². The first-order chi connectivity index (χ1) is 10.3. The van der Waals surface area contributed by atoms with E-state index in [0.29, 0.717) is 6.61 Å². The lowest BCUT2D eigenvalue weighted by Crippen LogP contribution is -2.40. The summed E-state index contributed by atoms with van der Waals surface area (Å²) in [5, 5.41) is 0. The molecule has 2 nitrogen and oxygen atoms in total. The van der Waals surface area contributed by atoms with Crippen molar-refractivity contribution in [1.82, 2.24) is 0 Å². The monoisotopic (exact) mass is 280 g/mol. The molecule has 0 amide bonds. The van der Waals surface area contributed by atoms with Gasteiger partial charge in [0.2, 0.25) is 0 Å². The zero-order valence-corrected chi connectivity index (χ0v) is 12.5. The average Bonchev–Trinajstić information content (AvgIpc) is 2.55. The zero-order chi connectivity index (χ0) is 14.7. The number of fused-ring (bicyclic) bond motifs is 1. The predicted molar refractivity (Wildman–Crippen MR) is 85.1 cm³/mol. The van der Waals surface area contributed by atoms with Crippen LogP contribution in [-0.2, 0) is 10.5 Å². The smallest absolute Gasteiger partial charge is 0.260 e. The quantitative estimate of drug-likeness (QED) is 0.803. The van der Waals surface area contributed by atoms with Gasteiger partial charge in [0.05, 0.1) is 0 Å². The molecule has 0 fully saturated rings. The number of benzene rings is 2. The molecule has 0 bridgehead atoms. The number of ether oxygens (including phenoxy) is 2. The highest BCUT2D eigenvalue weighted by atomic mass is 16.7. The molecule has 1 aliphatic rings. The van der Waals surface area contributed by atoms with Crippen LogP contribution in [0.25, 0.3) is 6.08 Å². The second kappa shape index (κ2) is 5.74. The summed E-state index contributed by atoms with van der Waals surface area (Å²) in [7, 11) is 0. The van der Waals surface area contributed by atoms with Gasteiger partial charge in [-0.2, -0.15) is 0 Å². The topological polar surface area (TPSA) is 18.5 Å². The van der Waals surface area contributed by atoms with Crippen molar-refractivity contribution >= 4 is 6.08 Å². The molecule has 2 aromatic rings. The van der Waals surface area contributed by atoms with Gasteiger partial charge in [-0.3, -0.25) is 0 Å². The maximum Gasteiger partial charge on any atom is 0.260 e. The lowest BCUT2D eigenvalue weighted by atomic mass is 9.90. The lowest BCUT2D eigenvalue weighted by Gasteiger charge is -2.39. The van der Waals surface area contributed by atoms with Gasteiger partial charge >= 0.3 is 0 Å². The third kappa shape index (κ3) is 2.36. The van der Waals surface area contributed by atoms with Crippen molar-refractivity contribution in [3.8, 4) is 5.75 Å². The molecular formula is C19H20O2. The molecule has 108 valence electrons. The Hall–Kier alpha value is -2.06. The van der Waals surface area contributed by atoms with E-state index in [-0.39, 0.29) is 0 Å². The summed E-state index contributed by atoms with van der Waals surface area (Å²) < 4.78 is 12.5. The SMILES string of the molecule is CCOC1(c2ccccc2)Oc2ccccc2C=C1CC. The van der Waals surface area contributed by atoms with E-state index in [4.69, 9.17) is 9.47 Å². The van der Waals surface area contributed by atoms with Crippen molar-refractivity contribution in [2.24, 2.45) is 0 Å². The minimum Gasteiger partial charge on any atom is -0.453 e. The molecule has 3 rings (SSSR count). The van der Waals surface area contributed by atoms with E-state index in [1.54, 1.807) is 0 Å². The molecule has 1 unspecified atom stereocenters. The second-order valence-corrected chi connectivity index (χ2v) is 5.08. The first-order valence-corrected chi connectivity index (χ1v) is 7.48. The average molecular weight is 280 g/mol. The molecular weight excluding hydrogens is 260 g/mol. The Kier molecular flexibility index (Phi) is 3.80. The Morgan fingerprint density at radius 1 is 0.952 bits per heavy atom. The third-order valence-corrected chi connectivity index (χ3v) is 3.81. The van der Waals surface area contributed by atoms with Gasteiger partial charge in [-0.05, 0) is 25.5 Å². The summed E-state index contributed by atoms with van der Waals surface area (Å²) >= 11 is 0. The maximum atomic E-state index is 6.36. The van der Waals surface area contributed by atoms with E-state index in [1.165, 1.54) is 0 Å². The van der Waals surface area contributed by atoms with Gasteiger partial charge in [0.1, 0.15) is 5.75 Å². The van der Waals surface area contributed by atoms with E-state index in [2.05, 4.69) is 31.2 Å². The van der Waals surface area contributed by atoms with E-state index in [9.17, 15) is 0 Å². The van der Waals surface area contributed by atoms with E-state index >= 15 is 0 Å². The summed E-state index contributed by atoms with van der Waals surface area (Å²) in [6, 6.07) is 18.3. The molecule has 2 heteroatoms. The third-order valence-electron chi connectivity index (χ3n) is 3.81. The van der Waals surface area contributed by atoms with Crippen molar-refractivity contribution in [1.29, 1.82) is 0 Å². The molecule has 2 aromatic carbocycles. The molecule has 0 aromatic heterocycles. The Bertz CT molecular complexity index is 646. The van der Waals surface area contributed by atoms with Crippen LogP contribution in [0.4, 0.5) is 0 Å². The summed E-state index contributed by atoms with van der Waals surface area (Å²) in [4.78, 5) is 0. The summed E-state index contributed by atoms with van der Waals surface area (Å²) in [5.41, 5.74) is 3.30. The Balaban J connectivity index is 2.17. The van der Waals surface area contributed by atoms with Gasteiger partial charge in [0, 0.05) is 23.3 Å². The van der Waals surface area contributed by atoms with E-state index < -0.39 is 5.79 Å². The fourth-order valence-electron chi connectivity index (χ4n) is 2.84. The molecule has 0 spiro atoms. The van der Waals surface area contributed by atoms with Gasteiger partial charge in [-0.25, -0.2) is 0 Å². The van der Waals surface area contributed by atoms with Crippen LogP contribution >= 0.6 is 0 Å². The van der Waals surface area contributed by atoms with Crippen LogP contribution in [-0.4, -0.2) is 6.61 Å². The Morgan fingerprint density at radius 2 is 1.67 bits per heavy atom. The molecule has 1 heterocycles. The molecule has 1 atom stereocenters. The standard InChI is InChI=1S/C19H20O2/c1-3-16-14-15-10-8-9-13-18(15)21-19(16,20-4-2)17-11-6-5-7-12-17/h5-14H,3-4H2,1-2H3. The molecule has 0 radical (unpaired) electrons. The van der Waals surface area contributed by atoms with Crippen molar-refractivity contribution in [2.75, 3.05) is 6.61 Å². The van der Waals surface area contributed by atoms with Crippen molar-refractivity contribution in [3.05, 3.63) is 71.3 Å². The van der Waals surface area contributed by atoms with Gasteiger partial charge < -0.3 is 9.47 Å². The van der Waals surface area contributed by atoms with Crippen LogP contribution in [0.3, 0.4) is 0 Å². The van der Waals surface area contributed by atoms with E-state index in [0.717, 1.165) is 28.9 Å². The fourth-order valence-corrected chi connectivity index (χ4v) is 2.84. The van der Waals surface area contributed by atoms with Crippen LogP contribution in [0.2, 0.25) is 0 Å². The normalized spacial score (nSPS) is 20.4. The fraction of sp³-hybridized carbons (Fsp3) is 0.263. The highest BCUT2D eigenvalue weighted by Gasteiger charge is 2.41. The Morgan fingerprint density at radius 3 is 2.38 bits per heavy atom. The number of hydrogen-bond acceptors (Lipinski definition) is 2. The highest BCUT2D eigenvalue weighted by Crippen LogP contribution is 2.44. The minimum atomic E-state index is -0.806. The highest BCUT2D eigenvalue weighted by molar-refractivity contribution is 5.64. The maximum absolute atomic E-state index is 6.36. The number of rotatable bonds is 4. The largest absolute Gasteiger partial charge is 0.453 e.